The molecule has 1 saturated carbocycles. The lowest BCUT2D eigenvalue weighted by molar-refractivity contribution is -0.155. The number of carbonyl (C=O) groups is 1. The first-order valence-corrected chi connectivity index (χ1v) is 20.0. The van der Waals surface area contributed by atoms with Gasteiger partial charge < -0.3 is 20.1 Å². The van der Waals surface area contributed by atoms with Crippen LogP contribution in [0.25, 0.3) is 10.8 Å². The predicted octanol–water partition coefficient (Wildman–Crippen LogP) is 6.29. The molecule has 3 aromatic rings. The zero-order chi connectivity index (χ0) is 35.8. The van der Waals surface area contributed by atoms with E-state index >= 15 is 8.78 Å². The van der Waals surface area contributed by atoms with E-state index in [2.05, 4.69) is 4.90 Å². The summed E-state index contributed by atoms with van der Waals surface area (Å²) in [4.78, 5) is 18.1. The normalized spacial score (nSPS) is 23.9. The van der Waals surface area contributed by atoms with Crippen molar-refractivity contribution in [2.24, 2.45) is 5.73 Å². The van der Waals surface area contributed by atoms with Crippen LogP contribution in [-0.2, 0) is 20.7 Å². The summed E-state index contributed by atoms with van der Waals surface area (Å²) in [6.45, 7) is 3.24. The second-order valence-electron chi connectivity index (χ2n) is 14.9. The van der Waals surface area contributed by atoms with Crippen LogP contribution in [0.5, 0.6) is 11.5 Å². The highest BCUT2D eigenvalue weighted by molar-refractivity contribution is 7.89. The van der Waals surface area contributed by atoms with Crippen LogP contribution in [0, 0.1) is 0 Å². The van der Waals surface area contributed by atoms with Gasteiger partial charge in [0.05, 0.1) is 11.0 Å². The number of sulfonamides is 1. The Kier molecular flexibility index (Phi) is 10.6. The van der Waals surface area contributed by atoms with Crippen molar-refractivity contribution >= 4 is 26.7 Å². The highest BCUT2D eigenvalue weighted by Crippen LogP contribution is 2.42. The fourth-order valence-corrected chi connectivity index (χ4v) is 9.95. The SMILES string of the molecule is CN([C@@H](C(=O)N1C2CCC1CC(N)C2)C(F)(F)c1ccc(OCCN2CCCCC2)cc1)S(=O)(=O)c1ccc2cc(OC3CCCC3)ccc2c1. The molecule has 0 spiro atoms. The van der Waals surface area contributed by atoms with Crippen molar-refractivity contribution in [2.75, 3.05) is 33.3 Å². The topological polar surface area (TPSA) is 105 Å². The Bertz CT molecular complexity index is 1780. The molecule has 3 aromatic carbocycles. The van der Waals surface area contributed by atoms with Crippen LogP contribution in [0.15, 0.2) is 65.6 Å². The molecule has 2 unspecified atom stereocenters. The van der Waals surface area contributed by atoms with Crippen molar-refractivity contribution in [2.45, 2.75) is 112 Å². The van der Waals surface area contributed by atoms with Crippen LogP contribution in [0.1, 0.15) is 76.2 Å². The zero-order valence-electron chi connectivity index (χ0n) is 29.4. The number of rotatable bonds is 12. The van der Waals surface area contributed by atoms with Crippen LogP contribution >= 0.6 is 0 Å². The number of alkyl halides is 2. The highest BCUT2D eigenvalue weighted by Gasteiger charge is 2.56. The number of amides is 1. The standard InChI is InChI=1S/C39H50F2N4O5S/c1-43(51(47,48)36-18-10-27-23-35(15-9-28(27)24-36)50-34-7-3-4-8-34)37(38(46)45-31-13-14-32(45)26-30(42)25-31)39(40,41)29-11-16-33(17-12-29)49-22-21-44-19-5-2-6-20-44/h9-12,15-18,23-24,30-32,34,37H,2-8,13-14,19-22,25-26,42H2,1H3/t30?,31?,32?,37-/m0/s1. The van der Waals surface area contributed by atoms with Crippen molar-refractivity contribution in [1.29, 1.82) is 0 Å². The average molecular weight is 725 g/mol. The monoisotopic (exact) mass is 724 g/mol. The first kappa shape index (κ1) is 36.1. The highest BCUT2D eigenvalue weighted by atomic mass is 32.2. The fourth-order valence-electron chi connectivity index (χ4n) is 8.61. The number of fused-ring (bicyclic) bond motifs is 3. The number of piperidine rings is 2. The van der Waals surface area contributed by atoms with E-state index in [4.69, 9.17) is 15.2 Å². The van der Waals surface area contributed by atoms with Gasteiger partial charge in [-0.25, -0.2) is 8.42 Å². The summed E-state index contributed by atoms with van der Waals surface area (Å²) in [5.41, 5.74) is 5.79. The lowest BCUT2D eigenvalue weighted by Crippen LogP contribution is -2.61. The van der Waals surface area contributed by atoms with Crippen molar-refractivity contribution < 1.29 is 31.5 Å². The summed E-state index contributed by atoms with van der Waals surface area (Å²) in [7, 11) is -3.48. The molecule has 7 rings (SSSR count). The van der Waals surface area contributed by atoms with E-state index in [-0.39, 0.29) is 29.1 Å². The van der Waals surface area contributed by atoms with Crippen molar-refractivity contribution in [3.8, 4) is 11.5 Å². The maximum atomic E-state index is 16.9. The van der Waals surface area contributed by atoms with Gasteiger partial charge in [0.1, 0.15) is 18.1 Å². The van der Waals surface area contributed by atoms with Crippen LogP contribution in [0.2, 0.25) is 0 Å². The number of ether oxygens (including phenoxy) is 2. The number of hydrogen-bond donors (Lipinski definition) is 1. The quantitative estimate of drug-likeness (QED) is 0.234. The minimum absolute atomic E-state index is 0.129. The van der Waals surface area contributed by atoms with Crippen LogP contribution in [0.3, 0.4) is 0 Å². The third-order valence-electron chi connectivity index (χ3n) is 11.4. The second kappa shape index (κ2) is 15.0. The lowest BCUT2D eigenvalue weighted by atomic mass is 9.94. The molecule has 3 heterocycles. The molecule has 3 saturated heterocycles. The minimum Gasteiger partial charge on any atom is -0.492 e. The number of hydrogen-bond acceptors (Lipinski definition) is 7. The Morgan fingerprint density at radius 2 is 1.51 bits per heavy atom. The molecular weight excluding hydrogens is 675 g/mol. The van der Waals surface area contributed by atoms with Gasteiger partial charge in [-0.1, -0.05) is 18.6 Å². The molecule has 0 radical (unpaired) electrons. The van der Waals surface area contributed by atoms with Crippen LogP contribution in [-0.4, -0.2) is 92.0 Å². The molecule has 9 nitrogen and oxygen atoms in total. The van der Waals surface area contributed by atoms with Gasteiger partial charge in [0.25, 0.3) is 5.92 Å². The number of nitrogens with two attached hydrogens (primary N) is 1. The smallest absolute Gasteiger partial charge is 0.298 e. The second-order valence-corrected chi connectivity index (χ2v) is 16.9. The van der Waals surface area contributed by atoms with Gasteiger partial charge in [0, 0.05) is 37.3 Å². The fraction of sp³-hybridized carbons (Fsp3) is 0.564. The molecule has 1 aliphatic carbocycles. The minimum atomic E-state index is -4.57. The molecule has 12 heteroatoms. The Balaban J connectivity index is 1.15. The molecule has 276 valence electrons. The summed E-state index contributed by atoms with van der Waals surface area (Å²) in [5.74, 6) is -3.62. The Labute approximate surface area is 300 Å². The van der Waals surface area contributed by atoms with E-state index in [1.807, 2.05) is 6.07 Å². The molecule has 2 N–H and O–H groups in total. The molecule has 2 bridgehead atoms. The largest absolute Gasteiger partial charge is 0.492 e. The van der Waals surface area contributed by atoms with E-state index in [0.717, 1.165) is 70.6 Å². The number of likely N-dealkylation sites (tertiary alicyclic amines) is 1. The molecule has 3 atom stereocenters. The number of nitrogens with zero attached hydrogens (tertiary/aromatic N) is 3. The van der Waals surface area contributed by atoms with Gasteiger partial charge in [-0.2, -0.15) is 13.1 Å². The number of carbonyl (C=O) groups excluding carboxylic acids is 1. The van der Waals surface area contributed by atoms with Crippen LogP contribution < -0.4 is 15.2 Å². The molecular formula is C39H50F2N4O5S. The Hall–Kier alpha value is -3.32. The lowest BCUT2D eigenvalue weighted by Gasteiger charge is -2.42. The number of likely N-dealkylation sites (N-methyl/N-ethyl adjacent to an activating group) is 1. The summed E-state index contributed by atoms with van der Waals surface area (Å²) >= 11 is 0. The first-order valence-electron chi connectivity index (χ1n) is 18.6. The first-order chi connectivity index (χ1) is 24.5. The predicted molar refractivity (Wildman–Crippen MR) is 193 cm³/mol. The summed E-state index contributed by atoms with van der Waals surface area (Å²) < 4.78 is 75.0. The molecule has 0 aromatic heterocycles. The van der Waals surface area contributed by atoms with E-state index in [1.165, 1.54) is 47.7 Å². The van der Waals surface area contributed by atoms with Crippen LogP contribution in [0.4, 0.5) is 8.78 Å². The van der Waals surface area contributed by atoms with Gasteiger partial charge in [0.15, 0.2) is 6.04 Å². The Morgan fingerprint density at radius 3 is 2.20 bits per heavy atom. The maximum absolute atomic E-state index is 16.9. The van der Waals surface area contributed by atoms with Gasteiger partial charge in [-0.05, 0) is 137 Å². The van der Waals surface area contributed by atoms with Gasteiger partial charge in [-0.3, -0.25) is 9.69 Å². The number of benzene rings is 3. The zero-order valence-corrected chi connectivity index (χ0v) is 30.2. The molecule has 51 heavy (non-hydrogen) atoms. The number of halogens is 2. The summed E-state index contributed by atoms with van der Waals surface area (Å²) in [6.07, 6.45) is 10.3. The van der Waals surface area contributed by atoms with Gasteiger partial charge in [0.2, 0.25) is 15.9 Å². The van der Waals surface area contributed by atoms with E-state index < -0.39 is 33.5 Å². The maximum Gasteiger partial charge on any atom is 0.298 e. The molecule has 4 fully saturated rings. The molecule has 1 amide bonds. The van der Waals surface area contributed by atoms with Gasteiger partial charge in [-0.15, -0.1) is 0 Å². The van der Waals surface area contributed by atoms with Gasteiger partial charge >= 0.3 is 0 Å². The van der Waals surface area contributed by atoms with Crippen molar-refractivity contribution in [1.82, 2.24) is 14.1 Å². The third-order valence-corrected chi connectivity index (χ3v) is 13.2. The van der Waals surface area contributed by atoms with E-state index in [9.17, 15) is 13.2 Å². The summed E-state index contributed by atoms with van der Waals surface area (Å²) in [5, 5.41) is 1.39. The third kappa shape index (κ3) is 7.61. The average Bonchev–Trinajstić information content (AvgIpc) is 3.73. The van der Waals surface area contributed by atoms with Crippen molar-refractivity contribution in [3.63, 3.8) is 0 Å². The summed E-state index contributed by atoms with van der Waals surface area (Å²) in [6, 6.07) is 12.3. The van der Waals surface area contributed by atoms with Crippen molar-refractivity contribution in [3.05, 3.63) is 66.2 Å². The van der Waals surface area contributed by atoms with E-state index in [1.54, 1.807) is 18.2 Å². The molecule has 4 aliphatic rings. The Morgan fingerprint density at radius 1 is 0.882 bits per heavy atom. The van der Waals surface area contributed by atoms with E-state index in [0.29, 0.717) is 53.5 Å². The molecule has 3 aliphatic heterocycles.